The van der Waals surface area contributed by atoms with E-state index in [4.69, 9.17) is 0 Å². The first-order valence-electron chi connectivity index (χ1n) is 10.1. The molecule has 31 heavy (non-hydrogen) atoms. The molecule has 172 valence electrons. The third-order valence-electron chi connectivity index (χ3n) is 5.28. The first kappa shape index (κ1) is 24.9. The average molecular weight is 455 g/mol. The van der Waals surface area contributed by atoms with Gasteiger partial charge in [-0.1, -0.05) is 26.0 Å². The molecule has 0 radical (unpaired) electrons. The summed E-state index contributed by atoms with van der Waals surface area (Å²) in [6.07, 6.45) is 1.32. The standard InChI is InChI=1S/C20H30N4O6S/c1-15-12-22(13-17(21-16(2)26)11-20(3,4)14-25)9-10-23(15)31(29,30)19-8-6-5-7-18(19)24(27)28/h5-8,14-15,17H,9-13H2,1-4H3,(H,21,26)/t15-,17-/m0/s1. The van der Waals surface area contributed by atoms with Crippen LogP contribution in [0, 0.1) is 15.5 Å². The molecule has 0 aromatic heterocycles. The number of nitro benzene ring substituents is 1. The maximum absolute atomic E-state index is 13.1. The summed E-state index contributed by atoms with van der Waals surface area (Å²) in [4.78, 5) is 35.2. The fourth-order valence-electron chi connectivity index (χ4n) is 3.94. The van der Waals surface area contributed by atoms with Gasteiger partial charge in [-0.3, -0.25) is 19.8 Å². The Hall–Kier alpha value is -2.37. The van der Waals surface area contributed by atoms with Crippen LogP contribution in [-0.2, 0) is 19.6 Å². The van der Waals surface area contributed by atoms with Crippen molar-refractivity contribution in [3.63, 3.8) is 0 Å². The Morgan fingerprint density at radius 1 is 1.35 bits per heavy atom. The Kier molecular flexibility index (Phi) is 7.90. The zero-order valence-corrected chi connectivity index (χ0v) is 19.1. The number of nitrogens with one attached hydrogen (secondary N) is 1. The van der Waals surface area contributed by atoms with E-state index in [1.807, 2.05) is 4.90 Å². The van der Waals surface area contributed by atoms with Crippen molar-refractivity contribution in [3.8, 4) is 0 Å². The van der Waals surface area contributed by atoms with E-state index in [0.717, 1.165) is 6.29 Å². The smallest absolute Gasteiger partial charge is 0.289 e. The summed E-state index contributed by atoms with van der Waals surface area (Å²) in [5.41, 5.74) is -1.05. The average Bonchev–Trinajstić information content (AvgIpc) is 2.67. The minimum atomic E-state index is -4.04. The van der Waals surface area contributed by atoms with Crippen LogP contribution < -0.4 is 5.32 Å². The molecule has 1 aliphatic rings. The summed E-state index contributed by atoms with van der Waals surface area (Å²) in [5.74, 6) is -0.197. The van der Waals surface area contributed by atoms with Gasteiger partial charge < -0.3 is 10.1 Å². The van der Waals surface area contributed by atoms with Crippen LogP contribution in [-0.4, -0.2) is 73.0 Å². The van der Waals surface area contributed by atoms with E-state index in [1.165, 1.54) is 35.5 Å². The van der Waals surface area contributed by atoms with Gasteiger partial charge in [0, 0.05) is 56.7 Å². The number of carbonyl (C=O) groups is 2. The number of carbonyl (C=O) groups excluding carboxylic acids is 2. The largest absolute Gasteiger partial charge is 0.352 e. The highest BCUT2D eigenvalue weighted by Gasteiger charge is 2.38. The lowest BCUT2D eigenvalue weighted by molar-refractivity contribution is -0.387. The molecule has 1 saturated heterocycles. The van der Waals surface area contributed by atoms with Gasteiger partial charge in [-0.05, 0) is 19.4 Å². The van der Waals surface area contributed by atoms with Gasteiger partial charge in [-0.2, -0.15) is 4.31 Å². The molecular formula is C20H30N4O6S. The lowest BCUT2D eigenvalue weighted by atomic mass is 9.87. The third kappa shape index (κ3) is 6.31. The number of para-hydroxylation sites is 1. The summed E-state index contributed by atoms with van der Waals surface area (Å²) in [6.45, 7) is 8.21. The Balaban J connectivity index is 2.15. The lowest BCUT2D eigenvalue weighted by Crippen LogP contribution is -2.56. The first-order chi connectivity index (χ1) is 14.4. The molecule has 2 atom stereocenters. The van der Waals surface area contributed by atoms with Crippen molar-refractivity contribution < 1.29 is 22.9 Å². The number of piperazine rings is 1. The van der Waals surface area contributed by atoms with Crippen molar-refractivity contribution in [2.75, 3.05) is 26.2 Å². The number of benzene rings is 1. The molecule has 11 heteroatoms. The van der Waals surface area contributed by atoms with Crippen LogP contribution in [0.1, 0.15) is 34.1 Å². The molecular weight excluding hydrogens is 424 g/mol. The zero-order chi connectivity index (χ0) is 23.4. The van der Waals surface area contributed by atoms with Crippen LogP contribution in [0.3, 0.4) is 0 Å². The van der Waals surface area contributed by atoms with Gasteiger partial charge >= 0.3 is 0 Å². The van der Waals surface area contributed by atoms with Crippen LogP contribution >= 0.6 is 0 Å². The molecule has 0 unspecified atom stereocenters. The quantitative estimate of drug-likeness (QED) is 0.339. The van der Waals surface area contributed by atoms with Gasteiger partial charge in [0.1, 0.15) is 6.29 Å². The van der Waals surface area contributed by atoms with Crippen LogP contribution in [0.2, 0.25) is 0 Å². The zero-order valence-electron chi connectivity index (χ0n) is 18.3. The predicted octanol–water partition coefficient (Wildman–Crippen LogP) is 1.41. The maximum Gasteiger partial charge on any atom is 0.289 e. The van der Waals surface area contributed by atoms with Gasteiger partial charge in [-0.25, -0.2) is 8.42 Å². The summed E-state index contributed by atoms with van der Waals surface area (Å²) < 4.78 is 27.5. The van der Waals surface area contributed by atoms with Crippen molar-refractivity contribution in [2.45, 2.75) is 51.1 Å². The number of nitrogens with zero attached hydrogens (tertiary/aromatic N) is 3. The van der Waals surface area contributed by atoms with Crippen LogP contribution in [0.25, 0.3) is 0 Å². The molecule has 2 rings (SSSR count). The van der Waals surface area contributed by atoms with Gasteiger partial charge in [0.15, 0.2) is 4.90 Å². The van der Waals surface area contributed by atoms with Crippen molar-refractivity contribution in [3.05, 3.63) is 34.4 Å². The Morgan fingerprint density at radius 3 is 2.55 bits per heavy atom. The van der Waals surface area contributed by atoms with Crippen LogP contribution in [0.4, 0.5) is 5.69 Å². The van der Waals surface area contributed by atoms with Crippen LogP contribution in [0.15, 0.2) is 29.2 Å². The van der Waals surface area contributed by atoms with Crippen molar-refractivity contribution >= 4 is 27.9 Å². The summed E-state index contributed by atoms with van der Waals surface area (Å²) in [6, 6.07) is 4.65. The van der Waals surface area contributed by atoms with E-state index in [2.05, 4.69) is 5.32 Å². The lowest BCUT2D eigenvalue weighted by Gasteiger charge is -2.40. The molecule has 1 aromatic rings. The molecule has 1 heterocycles. The fourth-order valence-corrected chi connectivity index (χ4v) is 5.71. The van der Waals surface area contributed by atoms with Gasteiger partial charge in [0.2, 0.25) is 15.9 Å². The van der Waals surface area contributed by atoms with E-state index in [-0.39, 0.29) is 23.4 Å². The highest BCUT2D eigenvalue weighted by Crippen LogP contribution is 2.29. The second kappa shape index (κ2) is 9.84. The van der Waals surface area contributed by atoms with E-state index >= 15 is 0 Å². The number of aldehydes is 1. The van der Waals surface area contributed by atoms with Gasteiger partial charge in [0.25, 0.3) is 5.69 Å². The molecule has 1 fully saturated rings. The van der Waals surface area contributed by atoms with Gasteiger partial charge in [-0.15, -0.1) is 0 Å². The number of hydrogen-bond acceptors (Lipinski definition) is 7. The topological polar surface area (TPSA) is 130 Å². The molecule has 0 saturated carbocycles. The molecule has 0 spiro atoms. The molecule has 1 amide bonds. The Labute approximate surface area is 182 Å². The predicted molar refractivity (Wildman–Crippen MR) is 115 cm³/mol. The fraction of sp³-hybridized carbons (Fsp3) is 0.600. The van der Waals surface area contributed by atoms with Crippen molar-refractivity contribution in [2.24, 2.45) is 5.41 Å². The number of amides is 1. The highest BCUT2D eigenvalue weighted by atomic mass is 32.2. The molecule has 1 N–H and O–H groups in total. The first-order valence-corrected chi connectivity index (χ1v) is 11.5. The SMILES string of the molecule is CC(=O)N[C@H](CN1CCN(S(=O)(=O)c2ccccc2[N+](=O)[O-])[C@@H](C)C1)CC(C)(C)C=O. The monoisotopic (exact) mass is 454 g/mol. The van der Waals surface area contributed by atoms with Crippen LogP contribution in [0.5, 0.6) is 0 Å². The Morgan fingerprint density at radius 2 is 2.00 bits per heavy atom. The summed E-state index contributed by atoms with van der Waals surface area (Å²) >= 11 is 0. The second-order valence-corrected chi connectivity index (χ2v) is 10.5. The van der Waals surface area contributed by atoms with Crippen molar-refractivity contribution in [1.29, 1.82) is 0 Å². The number of sulfonamides is 1. The number of hydrogen-bond donors (Lipinski definition) is 1. The third-order valence-corrected chi connectivity index (χ3v) is 7.34. The summed E-state index contributed by atoms with van der Waals surface area (Å²) in [7, 11) is -4.04. The molecule has 1 aromatic carbocycles. The number of rotatable bonds is 9. The molecule has 0 bridgehead atoms. The van der Waals surface area contributed by atoms with Crippen molar-refractivity contribution in [1.82, 2.24) is 14.5 Å². The highest BCUT2D eigenvalue weighted by molar-refractivity contribution is 7.89. The summed E-state index contributed by atoms with van der Waals surface area (Å²) in [5, 5.41) is 14.2. The van der Waals surface area contributed by atoms with E-state index in [9.17, 15) is 28.1 Å². The maximum atomic E-state index is 13.1. The normalized spacial score (nSPS) is 19.5. The van der Waals surface area contributed by atoms with Gasteiger partial charge in [0.05, 0.1) is 4.92 Å². The van der Waals surface area contributed by atoms with E-state index in [0.29, 0.717) is 26.1 Å². The Bertz CT molecular complexity index is 933. The van der Waals surface area contributed by atoms with E-state index in [1.54, 1.807) is 20.8 Å². The number of nitro groups is 1. The molecule has 0 aliphatic carbocycles. The minimum absolute atomic E-state index is 0.166. The van der Waals surface area contributed by atoms with E-state index < -0.39 is 32.1 Å². The molecule has 1 aliphatic heterocycles. The molecule has 10 nitrogen and oxygen atoms in total. The second-order valence-electron chi connectivity index (χ2n) is 8.66. The minimum Gasteiger partial charge on any atom is -0.352 e.